The molecule has 0 radical (unpaired) electrons. The Hall–Kier alpha value is -3.12. The van der Waals surface area contributed by atoms with Gasteiger partial charge in [0.2, 0.25) is 5.91 Å². The Bertz CT molecular complexity index is 1300. The quantitative estimate of drug-likeness (QED) is 0.322. The summed E-state index contributed by atoms with van der Waals surface area (Å²) in [6.45, 7) is 3.71. The second kappa shape index (κ2) is 8.98. The van der Waals surface area contributed by atoms with Crippen LogP contribution in [-0.2, 0) is 21.4 Å². The van der Waals surface area contributed by atoms with Crippen LogP contribution in [0.4, 0.5) is 0 Å². The van der Waals surface area contributed by atoms with Crippen molar-refractivity contribution in [3.05, 3.63) is 65.2 Å². The Balaban J connectivity index is 1.25. The molecule has 5 atom stereocenters. The molecule has 3 fully saturated rings. The summed E-state index contributed by atoms with van der Waals surface area (Å²) in [4.78, 5) is 30.0. The average Bonchev–Trinajstić information content (AvgIpc) is 3.67. The lowest BCUT2D eigenvalue weighted by molar-refractivity contribution is -0.135. The lowest BCUT2D eigenvalue weighted by atomic mass is 9.51. The van der Waals surface area contributed by atoms with Gasteiger partial charge in [0, 0.05) is 49.2 Å². The molecule has 3 aliphatic carbocycles. The van der Waals surface area contributed by atoms with E-state index < -0.39 is 0 Å². The van der Waals surface area contributed by atoms with E-state index in [1.807, 2.05) is 60.5 Å². The Morgan fingerprint density at radius 2 is 1.95 bits per heavy atom. The van der Waals surface area contributed by atoms with Gasteiger partial charge in [0.05, 0.1) is 6.04 Å². The van der Waals surface area contributed by atoms with Crippen molar-refractivity contribution < 1.29 is 19.1 Å². The topological polar surface area (TPSA) is 59.1 Å². The molecule has 0 unspecified atom stereocenters. The largest absolute Gasteiger partial charge is 0.487 e. The Morgan fingerprint density at radius 1 is 1.13 bits per heavy atom. The smallest absolute Gasteiger partial charge is 0.308 e. The summed E-state index contributed by atoms with van der Waals surface area (Å²) in [6, 6.07) is 14.3. The third kappa shape index (κ3) is 3.71. The van der Waals surface area contributed by atoms with Crippen LogP contribution in [0.3, 0.4) is 0 Å². The molecule has 2 aliphatic heterocycles. The first kappa shape index (κ1) is 24.0. The van der Waals surface area contributed by atoms with Gasteiger partial charge in [-0.25, -0.2) is 0 Å². The number of nitrogens with zero attached hydrogens (tertiary/aromatic N) is 2. The molecule has 2 saturated carbocycles. The number of benzene rings is 2. The van der Waals surface area contributed by atoms with E-state index in [9.17, 15) is 9.59 Å². The Morgan fingerprint density at radius 3 is 2.71 bits per heavy atom. The molecule has 1 saturated heterocycles. The van der Waals surface area contributed by atoms with Gasteiger partial charge >= 0.3 is 5.97 Å². The molecule has 2 bridgehead atoms. The Labute approximate surface area is 224 Å². The summed E-state index contributed by atoms with van der Waals surface area (Å²) in [7, 11) is 1.93. The fraction of sp³-hybridized carbons (Fsp3) is 0.500. The van der Waals surface area contributed by atoms with Crippen LogP contribution in [-0.4, -0.2) is 60.0 Å². The SMILES string of the molecule is CC(=O)Oc1ccc2c3c1C[C@@H]1[C@@H]4CC[C@@H](N(C)C(=O)C=Cc5ccccc5)[C@H](O2)[C@]34CCN1CC1CC1. The van der Waals surface area contributed by atoms with E-state index in [4.69, 9.17) is 9.47 Å². The predicted octanol–water partition coefficient (Wildman–Crippen LogP) is 4.60. The van der Waals surface area contributed by atoms with Crippen LogP contribution < -0.4 is 9.47 Å². The van der Waals surface area contributed by atoms with E-state index in [0.717, 1.165) is 55.0 Å². The van der Waals surface area contributed by atoms with E-state index in [-0.39, 0.29) is 29.4 Å². The van der Waals surface area contributed by atoms with Crippen LogP contribution in [0.2, 0.25) is 0 Å². The van der Waals surface area contributed by atoms with Crippen molar-refractivity contribution in [2.45, 2.75) is 69.1 Å². The zero-order valence-electron chi connectivity index (χ0n) is 22.3. The summed E-state index contributed by atoms with van der Waals surface area (Å²) >= 11 is 0. The van der Waals surface area contributed by atoms with E-state index >= 15 is 0 Å². The van der Waals surface area contributed by atoms with Crippen molar-refractivity contribution in [3.63, 3.8) is 0 Å². The molecule has 1 amide bonds. The maximum Gasteiger partial charge on any atom is 0.308 e. The van der Waals surface area contributed by atoms with E-state index in [1.54, 1.807) is 6.08 Å². The van der Waals surface area contributed by atoms with Gasteiger partial charge in [-0.15, -0.1) is 0 Å². The van der Waals surface area contributed by atoms with Crippen LogP contribution in [0.25, 0.3) is 6.08 Å². The monoisotopic (exact) mass is 512 g/mol. The number of amides is 1. The van der Waals surface area contributed by atoms with Crippen molar-refractivity contribution in [1.82, 2.24) is 9.80 Å². The molecule has 6 nitrogen and oxygen atoms in total. The second-order valence-corrected chi connectivity index (χ2v) is 12.0. The number of esters is 1. The molecule has 38 heavy (non-hydrogen) atoms. The van der Waals surface area contributed by atoms with Crippen molar-refractivity contribution in [2.75, 3.05) is 20.1 Å². The Kier molecular flexibility index (Phi) is 5.66. The first-order chi connectivity index (χ1) is 18.5. The maximum absolute atomic E-state index is 13.4. The van der Waals surface area contributed by atoms with Crippen LogP contribution in [0, 0.1) is 11.8 Å². The van der Waals surface area contributed by atoms with Gasteiger partial charge in [-0.2, -0.15) is 0 Å². The molecule has 2 aromatic rings. The van der Waals surface area contributed by atoms with Gasteiger partial charge < -0.3 is 14.4 Å². The molecule has 2 heterocycles. The highest BCUT2D eigenvalue weighted by atomic mass is 16.5. The molecule has 6 heteroatoms. The number of rotatable bonds is 6. The van der Waals surface area contributed by atoms with Crippen LogP contribution in [0.5, 0.6) is 11.5 Å². The molecular weight excluding hydrogens is 476 g/mol. The van der Waals surface area contributed by atoms with Crippen LogP contribution in [0.15, 0.2) is 48.5 Å². The number of carbonyl (C=O) groups excluding carboxylic acids is 2. The van der Waals surface area contributed by atoms with Gasteiger partial charge in [-0.3, -0.25) is 14.5 Å². The maximum atomic E-state index is 13.4. The molecule has 0 aromatic heterocycles. The van der Waals surface area contributed by atoms with Gasteiger partial charge in [-0.1, -0.05) is 30.3 Å². The zero-order chi connectivity index (χ0) is 26.0. The summed E-state index contributed by atoms with van der Waals surface area (Å²) in [5.74, 6) is 2.65. The summed E-state index contributed by atoms with van der Waals surface area (Å²) in [5, 5.41) is 0. The third-order valence-electron chi connectivity index (χ3n) is 9.91. The van der Waals surface area contributed by atoms with E-state index in [1.165, 1.54) is 31.9 Å². The molecule has 2 aromatic carbocycles. The van der Waals surface area contributed by atoms with E-state index in [2.05, 4.69) is 4.90 Å². The highest BCUT2D eigenvalue weighted by Crippen LogP contribution is 2.64. The van der Waals surface area contributed by atoms with Gasteiger partial charge in [-0.05, 0) is 80.7 Å². The number of ether oxygens (including phenoxy) is 2. The predicted molar refractivity (Wildman–Crippen MR) is 145 cm³/mol. The average molecular weight is 513 g/mol. The first-order valence-corrected chi connectivity index (χ1v) is 14.2. The fourth-order valence-electron chi connectivity index (χ4n) is 8.12. The second-order valence-electron chi connectivity index (χ2n) is 12.0. The number of hydrogen-bond acceptors (Lipinski definition) is 5. The number of likely N-dealkylation sites (N-methyl/N-ethyl adjacent to an activating group) is 1. The molecular formula is C32H36N2O4. The molecule has 0 N–H and O–H groups in total. The third-order valence-corrected chi connectivity index (χ3v) is 9.91. The first-order valence-electron chi connectivity index (χ1n) is 14.2. The lowest BCUT2D eigenvalue weighted by Gasteiger charge is -2.60. The minimum Gasteiger partial charge on any atom is -0.487 e. The molecule has 5 aliphatic rings. The molecule has 7 rings (SSSR count). The van der Waals surface area contributed by atoms with Crippen molar-refractivity contribution in [1.29, 1.82) is 0 Å². The number of carbonyl (C=O) groups is 2. The van der Waals surface area contributed by atoms with Gasteiger partial charge in [0.25, 0.3) is 0 Å². The van der Waals surface area contributed by atoms with Crippen LogP contribution in [0.1, 0.15) is 55.7 Å². The summed E-state index contributed by atoms with van der Waals surface area (Å²) < 4.78 is 12.6. The van der Waals surface area contributed by atoms with Gasteiger partial charge in [0.15, 0.2) is 0 Å². The summed E-state index contributed by atoms with van der Waals surface area (Å²) in [5.41, 5.74) is 3.28. The molecule has 198 valence electrons. The standard InChI is InChI=1S/C32H36N2O4/c1-20(35)37-27-13-14-28-30-23(27)18-26-24-11-12-25(33(2)29(36)15-10-21-6-4-3-5-7-21)31(38-28)32(24,30)16-17-34(26)19-22-8-9-22/h3-7,10,13-15,22,24-26,31H,8-9,11-12,16-19H2,1-2H3/t24-,25+,26+,31-,32-/m0/s1. The van der Waals surface area contributed by atoms with Crippen molar-refractivity contribution in [3.8, 4) is 11.5 Å². The lowest BCUT2D eigenvalue weighted by Crippen LogP contribution is -2.69. The number of hydrogen-bond donors (Lipinski definition) is 0. The van der Waals surface area contributed by atoms with Crippen LogP contribution >= 0.6 is 0 Å². The fourth-order valence-corrected chi connectivity index (χ4v) is 8.12. The minimum absolute atomic E-state index is 0.00705. The molecule has 1 spiro atoms. The number of piperidine rings is 1. The zero-order valence-corrected chi connectivity index (χ0v) is 22.3. The van der Waals surface area contributed by atoms with Gasteiger partial charge in [0.1, 0.15) is 17.6 Å². The number of likely N-dealkylation sites (tertiary alicyclic amines) is 1. The normalized spacial score (nSPS) is 31.0. The highest BCUT2D eigenvalue weighted by Gasteiger charge is 2.66. The minimum atomic E-state index is -0.284. The highest BCUT2D eigenvalue weighted by molar-refractivity contribution is 5.92. The summed E-state index contributed by atoms with van der Waals surface area (Å²) in [6.07, 6.45) is 10.1. The van der Waals surface area contributed by atoms with Crippen molar-refractivity contribution >= 4 is 18.0 Å². The van der Waals surface area contributed by atoms with E-state index in [0.29, 0.717) is 17.7 Å². The van der Waals surface area contributed by atoms with Crippen molar-refractivity contribution in [2.24, 2.45) is 11.8 Å².